The summed E-state index contributed by atoms with van der Waals surface area (Å²) in [4.78, 5) is 0. The fraction of sp³-hybridized carbons (Fsp3) is 0.500. The molecule has 0 spiro atoms. The molecule has 2 unspecified atom stereocenters. The second-order valence-corrected chi connectivity index (χ2v) is 4.78. The van der Waals surface area contributed by atoms with Crippen molar-refractivity contribution in [3.63, 3.8) is 0 Å². The van der Waals surface area contributed by atoms with Crippen LogP contribution in [-0.2, 0) is 0 Å². The zero-order valence-electron chi connectivity index (χ0n) is 8.05. The summed E-state index contributed by atoms with van der Waals surface area (Å²) in [5.41, 5.74) is 1.14. The van der Waals surface area contributed by atoms with E-state index in [4.69, 9.17) is 0 Å². The van der Waals surface area contributed by atoms with Crippen LogP contribution in [0.1, 0.15) is 37.2 Å². The predicted octanol–water partition coefficient (Wildman–Crippen LogP) is 4.44. The predicted molar refractivity (Wildman–Crippen MR) is 60.2 cm³/mol. The minimum Gasteiger partial charge on any atom is -0.247 e. The van der Waals surface area contributed by atoms with Gasteiger partial charge < -0.3 is 0 Å². The first-order valence-electron chi connectivity index (χ1n) is 5.17. The van der Waals surface area contributed by atoms with Crippen LogP contribution in [0.5, 0.6) is 0 Å². The molecular weight excluding hydrogens is 243 g/mol. The second kappa shape index (κ2) is 4.43. The van der Waals surface area contributed by atoms with Gasteiger partial charge in [-0.05, 0) is 24.5 Å². The summed E-state index contributed by atoms with van der Waals surface area (Å²) in [7, 11) is 0. The number of halogens is 2. The molecule has 0 aromatic heterocycles. The summed E-state index contributed by atoms with van der Waals surface area (Å²) in [5.74, 6) is 0.110. The van der Waals surface area contributed by atoms with Crippen molar-refractivity contribution in [3.05, 3.63) is 34.3 Å². The third-order valence-corrected chi connectivity index (χ3v) is 3.71. The molecule has 2 atom stereocenters. The Kier molecular flexibility index (Phi) is 3.22. The van der Waals surface area contributed by atoms with E-state index in [1.54, 1.807) is 0 Å². The van der Waals surface area contributed by atoms with Crippen molar-refractivity contribution < 1.29 is 4.39 Å². The summed E-state index contributed by atoms with van der Waals surface area (Å²) in [6.45, 7) is 0. The second-order valence-electron chi connectivity index (χ2n) is 3.93. The summed E-state index contributed by atoms with van der Waals surface area (Å²) < 4.78 is 14.7. The van der Waals surface area contributed by atoms with Crippen molar-refractivity contribution in [2.75, 3.05) is 0 Å². The van der Waals surface area contributed by atoms with Gasteiger partial charge in [0.1, 0.15) is 6.17 Å². The molecule has 76 valence electrons. The van der Waals surface area contributed by atoms with Gasteiger partial charge in [0.2, 0.25) is 0 Å². The summed E-state index contributed by atoms with van der Waals surface area (Å²) >= 11 is 3.49. The van der Waals surface area contributed by atoms with Crippen molar-refractivity contribution in [2.45, 2.75) is 37.8 Å². The molecule has 2 rings (SSSR count). The van der Waals surface area contributed by atoms with Gasteiger partial charge >= 0.3 is 0 Å². The minimum absolute atomic E-state index is 0.110. The Bertz CT molecular complexity index is 311. The SMILES string of the molecule is FC1CCCCC1c1ccccc1Br. The minimum atomic E-state index is -0.651. The van der Waals surface area contributed by atoms with Crippen LogP contribution in [0.15, 0.2) is 28.7 Å². The zero-order valence-corrected chi connectivity index (χ0v) is 9.63. The summed E-state index contributed by atoms with van der Waals surface area (Å²) in [6.07, 6.45) is 3.27. The average molecular weight is 257 g/mol. The van der Waals surface area contributed by atoms with E-state index in [1.165, 1.54) is 0 Å². The molecule has 14 heavy (non-hydrogen) atoms. The highest BCUT2D eigenvalue weighted by Gasteiger charge is 2.27. The van der Waals surface area contributed by atoms with Gasteiger partial charge in [-0.3, -0.25) is 0 Å². The van der Waals surface area contributed by atoms with E-state index in [9.17, 15) is 4.39 Å². The molecule has 1 saturated carbocycles. The van der Waals surface area contributed by atoms with Crippen LogP contribution < -0.4 is 0 Å². The maximum Gasteiger partial charge on any atom is 0.107 e. The van der Waals surface area contributed by atoms with Crippen molar-refractivity contribution in [1.82, 2.24) is 0 Å². The fourth-order valence-electron chi connectivity index (χ4n) is 2.21. The number of rotatable bonds is 1. The maximum atomic E-state index is 13.7. The normalized spacial score (nSPS) is 27.6. The third-order valence-electron chi connectivity index (χ3n) is 2.99. The Morgan fingerprint density at radius 1 is 1.14 bits per heavy atom. The van der Waals surface area contributed by atoms with Gasteiger partial charge in [0, 0.05) is 10.4 Å². The van der Waals surface area contributed by atoms with E-state index in [1.807, 2.05) is 24.3 Å². The lowest BCUT2D eigenvalue weighted by Gasteiger charge is -2.26. The van der Waals surface area contributed by atoms with Crippen LogP contribution in [0.3, 0.4) is 0 Å². The monoisotopic (exact) mass is 256 g/mol. The highest BCUT2D eigenvalue weighted by atomic mass is 79.9. The highest BCUT2D eigenvalue weighted by Crippen LogP contribution is 2.37. The van der Waals surface area contributed by atoms with Crippen molar-refractivity contribution in [1.29, 1.82) is 0 Å². The molecule has 0 N–H and O–H groups in total. The lowest BCUT2D eigenvalue weighted by atomic mass is 9.83. The van der Waals surface area contributed by atoms with Gasteiger partial charge in [-0.2, -0.15) is 0 Å². The molecule has 2 heteroatoms. The maximum absolute atomic E-state index is 13.7. The van der Waals surface area contributed by atoms with Gasteiger partial charge in [-0.25, -0.2) is 4.39 Å². The largest absolute Gasteiger partial charge is 0.247 e. The summed E-state index contributed by atoms with van der Waals surface area (Å²) in [5, 5.41) is 0. The van der Waals surface area contributed by atoms with Crippen LogP contribution in [-0.4, -0.2) is 6.17 Å². The Balaban J connectivity index is 2.25. The van der Waals surface area contributed by atoms with Crippen LogP contribution in [0.4, 0.5) is 4.39 Å². The van der Waals surface area contributed by atoms with Crippen LogP contribution in [0.25, 0.3) is 0 Å². The van der Waals surface area contributed by atoms with E-state index < -0.39 is 6.17 Å². The molecule has 0 amide bonds. The Hall–Kier alpha value is -0.370. The van der Waals surface area contributed by atoms with Crippen LogP contribution in [0.2, 0.25) is 0 Å². The standard InChI is InChI=1S/C12H14BrF/c13-11-7-3-1-5-9(11)10-6-2-4-8-12(10)14/h1,3,5,7,10,12H,2,4,6,8H2. The Labute approximate surface area is 92.6 Å². The Morgan fingerprint density at radius 3 is 2.57 bits per heavy atom. The molecule has 0 aliphatic heterocycles. The molecule has 1 aliphatic carbocycles. The van der Waals surface area contributed by atoms with Gasteiger partial charge in [-0.15, -0.1) is 0 Å². The topological polar surface area (TPSA) is 0 Å². The number of hydrogen-bond donors (Lipinski definition) is 0. The van der Waals surface area contributed by atoms with E-state index in [0.717, 1.165) is 35.7 Å². The molecule has 1 aromatic carbocycles. The summed E-state index contributed by atoms with van der Waals surface area (Å²) in [6, 6.07) is 7.99. The number of hydrogen-bond acceptors (Lipinski definition) is 0. The first-order valence-corrected chi connectivity index (χ1v) is 5.97. The molecule has 0 radical (unpaired) electrons. The Morgan fingerprint density at radius 2 is 1.86 bits per heavy atom. The van der Waals surface area contributed by atoms with Crippen molar-refractivity contribution in [3.8, 4) is 0 Å². The molecule has 1 aliphatic rings. The lowest BCUT2D eigenvalue weighted by molar-refractivity contribution is 0.216. The average Bonchev–Trinajstić information content (AvgIpc) is 2.20. The quantitative estimate of drug-likeness (QED) is 0.697. The smallest absolute Gasteiger partial charge is 0.107 e. The molecule has 0 bridgehead atoms. The van der Waals surface area contributed by atoms with E-state index in [0.29, 0.717) is 0 Å². The van der Waals surface area contributed by atoms with Crippen molar-refractivity contribution >= 4 is 15.9 Å². The third kappa shape index (κ3) is 2.00. The van der Waals surface area contributed by atoms with Gasteiger partial charge in [0.25, 0.3) is 0 Å². The number of alkyl halides is 1. The lowest BCUT2D eigenvalue weighted by Crippen LogP contribution is -2.18. The molecular formula is C12H14BrF. The van der Waals surface area contributed by atoms with Gasteiger partial charge in [0.15, 0.2) is 0 Å². The van der Waals surface area contributed by atoms with E-state index in [-0.39, 0.29) is 5.92 Å². The van der Waals surface area contributed by atoms with Gasteiger partial charge in [0.05, 0.1) is 0 Å². The van der Waals surface area contributed by atoms with Crippen LogP contribution in [0, 0.1) is 0 Å². The first kappa shape index (κ1) is 10.2. The van der Waals surface area contributed by atoms with Gasteiger partial charge in [-0.1, -0.05) is 47.0 Å². The van der Waals surface area contributed by atoms with E-state index in [2.05, 4.69) is 15.9 Å². The molecule has 1 aromatic rings. The van der Waals surface area contributed by atoms with E-state index >= 15 is 0 Å². The van der Waals surface area contributed by atoms with Crippen molar-refractivity contribution in [2.24, 2.45) is 0 Å². The molecule has 0 heterocycles. The molecule has 0 nitrogen and oxygen atoms in total. The zero-order chi connectivity index (χ0) is 9.97. The van der Waals surface area contributed by atoms with Crippen LogP contribution >= 0.6 is 15.9 Å². The fourth-order valence-corrected chi connectivity index (χ4v) is 2.79. The number of benzene rings is 1. The highest BCUT2D eigenvalue weighted by molar-refractivity contribution is 9.10. The molecule has 1 fully saturated rings. The molecule has 0 saturated heterocycles. The first-order chi connectivity index (χ1) is 6.79.